The third-order valence-electron chi connectivity index (χ3n) is 4.78. The number of hydrogen-bond acceptors (Lipinski definition) is 6. The Balaban J connectivity index is 1.36. The van der Waals surface area contributed by atoms with Crippen LogP contribution < -0.4 is 15.0 Å². The molecule has 0 saturated carbocycles. The summed E-state index contributed by atoms with van der Waals surface area (Å²) >= 11 is 0. The van der Waals surface area contributed by atoms with Crippen molar-refractivity contribution in [1.29, 1.82) is 0 Å². The molecule has 0 spiro atoms. The fraction of sp³-hybridized carbons (Fsp3) is 0.238. The molecule has 1 aromatic heterocycles. The van der Waals surface area contributed by atoms with Crippen LogP contribution in [0.25, 0.3) is 0 Å². The van der Waals surface area contributed by atoms with Gasteiger partial charge >= 0.3 is 6.01 Å². The average Bonchev–Trinajstić information content (AvgIpc) is 3.35. The van der Waals surface area contributed by atoms with E-state index in [0.717, 1.165) is 17.0 Å². The van der Waals surface area contributed by atoms with Gasteiger partial charge in [0.25, 0.3) is 0 Å². The van der Waals surface area contributed by atoms with Crippen LogP contribution in [0.2, 0.25) is 0 Å². The van der Waals surface area contributed by atoms with Crippen LogP contribution in [0.3, 0.4) is 0 Å². The largest absolute Gasteiger partial charge is 0.497 e. The van der Waals surface area contributed by atoms with Crippen molar-refractivity contribution in [2.24, 2.45) is 5.92 Å². The van der Waals surface area contributed by atoms with Crippen LogP contribution in [0, 0.1) is 5.92 Å². The molecule has 1 saturated heterocycles. The fourth-order valence-corrected chi connectivity index (χ4v) is 3.24. The number of anilines is 2. The molecule has 2 heterocycles. The number of carbonyl (C=O) groups excluding carboxylic acids is 2. The number of rotatable bonds is 6. The van der Waals surface area contributed by atoms with E-state index in [9.17, 15) is 9.59 Å². The van der Waals surface area contributed by atoms with Crippen LogP contribution >= 0.6 is 0 Å². The minimum Gasteiger partial charge on any atom is -0.497 e. The zero-order valence-electron chi connectivity index (χ0n) is 15.9. The summed E-state index contributed by atoms with van der Waals surface area (Å²) in [5, 5.41) is 10.5. The molecule has 2 aromatic carbocycles. The molecule has 29 heavy (non-hydrogen) atoms. The summed E-state index contributed by atoms with van der Waals surface area (Å²) in [5.41, 5.74) is 1.76. The molecule has 148 valence electrons. The highest BCUT2D eigenvalue weighted by atomic mass is 16.5. The number of benzene rings is 2. The van der Waals surface area contributed by atoms with Gasteiger partial charge in [-0.15, -0.1) is 5.10 Å². The summed E-state index contributed by atoms with van der Waals surface area (Å²) in [5.74, 6) is 0.292. The summed E-state index contributed by atoms with van der Waals surface area (Å²) in [6.45, 7) is 0.321. The summed E-state index contributed by atoms with van der Waals surface area (Å²) in [4.78, 5) is 26.4. The van der Waals surface area contributed by atoms with Crippen LogP contribution in [0.1, 0.15) is 17.9 Å². The predicted molar refractivity (Wildman–Crippen MR) is 106 cm³/mol. The van der Waals surface area contributed by atoms with E-state index >= 15 is 0 Å². The van der Waals surface area contributed by atoms with Crippen molar-refractivity contribution in [1.82, 2.24) is 10.2 Å². The molecule has 1 aliphatic heterocycles. The first kappa shape index (κ1) is 18.7. The molecule has 1 unspecified atom stereocenters. The number of ether oxygens (including phenoxy) is 1. The quantitative estimate of drug-likeness (QED) is 0.693. The number of methoxy groups -OCH3 is 1. The van der Waals surface area contributed by atoms with E-state index < -0.39 is 5.92 Å². The second-order valence-electron chi connectivity index (χ2n) is 6.76. The van der Waals surface area contributed by atoms with E-state index in [4.69, 9.17) is 9.15 Å². The number of hydrogen-bond donors (Lipinski definition) is 1. The van der Waals surface area contributed by atoms with Crippen molar-refractivity contribution in [3.05, 3.63) is 66.1 Å². The molecule has 0 bridgehead atoms. The molecule has 0 aliphatic carbocycles. The van der Waals surface area contributed by atoms with Gasteiger partial charge in [-0.1, -0.05) is 35.4 Å². The monoisotopic (exact) mass is 392 g/mol. The molecule has 3 aromatic rings. The molecule has 2 amide bonds. The van der Waals surface area contributed by atoms with E-state index in [1.54, 1.807) is 12.0 Å². The van der Waals surface area contributed by atoms with Crippen molar-refractivity contribution >= 4 is 23.5 Å². The summed E-state index contributed by atoms with van der Waals surface area (Å²) in [6, 6.07) is 16.8. The summed E-state index contributed by atoms with van der Waals surface area (Å²) in [6.07, 6.45) is 0.587. The molecule has 1 aliphatic rings. The number of nitrogens with one attached hydrogen (secondary N) is 1. The highest BCUT2D eigenvalue weighted by molar-refractivity contribution is 6.02. The van der Waals surface area contributed by atoms with Gasteiger partial charge in [-0.3, -0.25) is 14.9 Å². The van der Waals surface area contributed by atoms with Crippen LogP contribution in [-0.4, -0.2) is 35.7 Å². The first-order valence-corrected chi connectivity index (χ1v) is 9.24. The Hall–Kier alpha value is -3.68. The van der Waals surface area contributed by atoms with Crippen LogP contribution in [0.4, 0.5) is 11.7 Å². The lowest BCUT2D eigenvalue weighted by molar-refractivity contribution is -0.122. The van der Waals surface area contributed by atoms with Gasteiger partial charge in [-0.25, -0.2) is 0 Å². The van der Waals surface area contributed by atoms with Crippen molar-refractivity contribution in [2.45, 2.75) is 12.8 Å². The van der Waals surface area contributed by atoms with Gasteiger partial charge in [0.15, 0.2) is 0 Å². The Morgan fingerprint density at radius 1 is 1.17 bits per heavy atom. The number of carbonyl (C=O) groups is 2. The van der Waals surface area contributed by atoms with Crippen molar-refractivity contribution < 1.29 is 18.7 Å². The normalized spacial score (nSPS) is 16.1. The second kappa shape index (κ2) is 8.14. The Labute approximate surface area is 167 Å². The predicted octanol–water partition coefficient (Wildman–Crippen LogP) is 2.66. The zero-order valence-corrected chi connectivity index (χ0v) is 15.9. The Bertz CT molecular complexity index is 1000. The molecule has 1 N–H and O–H groups in total. The van der Waals surface area contributed by atoms with E-state index in [-0.39, 0.29) is 24.2 Å². The number of para-hydroxylation sites is 1. The van der Waals surface area contributed by atoms with Crippen molar-refractivity contribution in [2.75, 3.05) is 23.9 Å². The lowest BCUT2D eigenvalue weighted by Gasteiger charge is -2.16. The molecule has 4 rings (SSSR count). The minimum absolute atomic E-state index is 0.0316. The zero-order chi connectivity index (χ0) is 20.2. The third-order valence-corrected chi connectivity index (χ3v) is 4.78. The van der Waals surface area contributed by atoms with Crippen molar-refractivity contribution in [3.8, 4) is 5.75 Å². The number of aromatic nitrogens is 2. The number of nitrogens with zero attached hydrogens (tertiary/aromatic N) is 3. The highest BCUT2D eigenvalue weighted by Gasteiger charge is 2.35. The van der Waals surface area contributed by atoms with E-state index in [1.807, 2.05) is 54.6 Å². The molecule has 0 radical (unpaired) electrons. The first-order valence-electron chi connectivity index (χ1n) is 9.24. The van der Waals surface area contributed by atoms with Crippen LogP contribution in [-0.2, 0) is 16.0 Å². The smallest absolute Gasteiger partial charge is 0.322 e. The van der Waals surface area contributed by atoms with E-state index in [2.05, 4.69) is 15.5 Å². The number of amides is 2. The summed E-state index contributed by atoms with van der Waals surface area (Å²) < 4.78 is 10.7. The minimum atomic E-state index is -0.473. The van der Waals surface area contributed by atoms with Gasteiger partial charge in [0.1, 0.15) is 5.75 Å². The molecule has 1 atom stereocenters. The third kappa shape index (κ3) is 4.26. The molecular weight excluding hydrogens is 372 g/mol. The van der Waals surface area contributed by atoms with Gasteiger partial charge in [0.2, 0.25) is 17.7 Å². The van der Waals surface area contributed by atoms with Crippen LogP contribution in [0.5, 0.6) is 5.75 Å². The Morgan fingerprint density at radius 3 is 2.66 bits per heavy atom. The molecule has 1 fully saturated rings. The Morgan fingerprint density at radius 2 is 1.93 bits per heavy atom. The SMILES string of the molecule is COc1ccc(Cc2nnc(NC(=O)C3CC(=O)N(c4ccccc4)C3)o2)cc1. The first-order chi connectivity index (χ1) is 14.1. The van der Waals surface area contributed by atoms with Gasteiger partial charge < -0.3 is 14.1 Å². The lowest BCUT2D eigenvalue weighted by Crippen LogP contribution is -2.28. The summed E-state index contributed by atoms with van der Waals surface area (Å²) in [7, 11) is 1.61. The van der Waals surface area contributed by atoms with Crippen LogP contribution in [0.15, 0.2) is 59.0 Å². The average molecular weight is 392 g/mol. The van der Waals surface area contributed by atoms with Gasteiger partial charge in [0, 0.05) is 18.7 Å². The van der Waals surface area contributed by atoms with Gasteiger partial charge in [-0.2, -0.15) is 0 Å². The highest BCUT2D eigenvalue weighted by Crippen LogP contribution is 2.25. The van der Waals surface area contributed by atoms with Gasteiger partial charge in [-0.05, 0) is 29.8 Å². The maximum Gasteiger partial charge on any atom is 0.322 e. The molecule has 8 heteroatoms. The maximum absolute atomic E-state index is 12.5. The maximum atomic E-state index is 12.5. The second-order valence-corrected chi connectivity index (χ2v) is 6.76. The fourth-order valence-electron chi connectivity index (χ4n) is 3.24. The van der Waals surface area contributed by atoms with Crippen molar-refractivity contribution in [3.63, 3.8) is 0 Å². The standard InChI is InChI=1S/C21H20N4O4/c1-28-17-9-7-14(8-10-17)11-18-23-24-21(29-18)22-20(27)15-12-19(26)25(13-15)16-5-3-2-4-6-16/h2-10,15H,11-13H2,1H3,(H,22,24,27). The van der Waals surface area contributed by atoms with E-state index in [0.29, 0.717) is 18.9 Å². The lowest BCUT2D eigenvalue weighted by atomic mass is 10.1. The Kier molecular flexibility index (Phi) is 5.24. The topological polar surface area (TPSA) is 97.6 Å². The molecular formula is C21H20N4O4. The van der Waals surface area contributed by atoms with Gasteiger partial charge in [0.05, 0.1) is 19.4 Å². The molecule has 8 nitrogen and oxygen atoms in total. The van der Waals surface area contributed by atoms with E-state index in [1.165, 1.54) is 0 Å².